The average Bonchev–Trinajstić information content (AvgIpc) is 2.24. The lowest BCUT2D eigenvalue weighted by atomic mass is 10.3. The number of benzene rings is 1. The molecule has 0 atom stereocenters. The van der Waals surface area contributed by atoms with E-state index in [-0.39, 0.29) is 11.7 Å². The molecule has 0 aliphatic rings. The maximum atomic E-state index is 11.3. The highest BCUT2D eigenvalue weighted by molar-refractivity contribution is 7.99. The number of phenolic OH excluding ortho intramolecular Hbond substituents is 1. The van der Waals surface area contributed by atoms with Crippen molar-refractivity contribution in [3.8, 4) is 5.75 Å². The van der Waals surface area contributed by atoms with E-state index in [0.717, 1.165) is 17.1 Å². The summed E-state index contributed by atoms with van der Waals surface area (Å²) < 4.78 is 0. The Morgan fingerprint density at radius 2 is 2.19 bits per heavy atom. The molecule has 0 aromatic heterocycles. The molecular formula is C12H17NO2S. The molecule has 1 rings (SSSR count). The smallest absolute Gasteiger partial charge is 0.222 e. The highest BCUT2D eigenvalue weighted by Crippen LogP contribution is 2.22. The average molecular weight is 239 g/mol. The molecule has 0 saturated heterocycles. The zero-order valence-corrected chi connectivity index (χ0v) is 10.5. The number of thioether (sulfide) groups is 1. The largest absolute Gasteiger partial charge is 0.508 e. The minimum absolute atomic E-state index is 0.163. The van der Waals surface area contributed by atoms with Crippen LogP contribution >= 0.6 is 11.8 Å². The minimum atomic E-state index is 0.163. The molecule has 0 saturated carbocycles. The Morgan fingerprint density at radius 3 is 2.81 bits per heavy atom. The van der Waals surface area contributed by atoms with E-state index in [0.29, 0.717) is 6.42 Å². The molecule has 0 spiro atoms. The Hall–Kier alpha value is -1.16. The number of carbonyl (C=O) groups excluding carboxylic acids is 1. The van der Waals surface area contributed by atoms with Crippen LogP contribution < -0.4 is 0 Å². The van der Waals surface area contributed by atoms with Crippen LogP contribution in [0.25, 0.3) is 0 Å². The van der Waals surface area contributed by atoms with E-state index in [4.69, 9.17) is 0 Å². The SMILES string of the molecule is CN(C)C(=O)CCCSc1cccc(O)c1. The number of nitrogens with zero attached hydrogens (tertiary/aromatic N) is 1. The summed E-state index contributed by atoms with van der Waals surface area (Å²) in [6.45, 7) is 0. The van der Waals surface area contributed by atoms with E-state index < -0.39 is 0 Å². The van der Waals surface area contributed by atoms with Crippen molar-refractivity contribution < 1.29 is 9.90 Å². The second-order valence-corrected chi connectivity index (χ2v) is 4.91. The third-order valence-corrected chi connectivity index (χ3v) is 3.20. The normalized spacial score (nSPS) is 10.1. The Kier molecular flexibility index (Phi) is 5.19. The quantitative estimate of drug-likeness (QED) is 0.633. The van der Waals surface area contributed by atoms with Gasteiger partial charge in [-0.15, -0.1) is 11.8 Å². The van der Waals surface area contributed by atoms with Gasteiger partial charge in [0.05, 0.1) is 0 Å². The molecule has 0 aliphatic carbocycles. The molecule has 0 aliphatic heterocycles. The molecule has 1 aromatic rings. The summed E-state index contributed by atoms with van der Waals surface area (Å²) in [5.41, 5.74) is 0. The summed E-state index contributed by atoms with van der Waals surface area (Å²) in [4.78, 5) is 13.9. The van der Waals surface area contributed by atoms with Crippen molar-refractivity contribution in [1.29, 1.82) is 0 Å². The first-order valence-corrected chi connectivity index (χ1v) is 6.20. The molecule has 3 nitrogen and oxygen atoms in total. The van der Waals surface area contributed by atoms with E-state index in [1.54, 1.807) is 42.9 Å². The van der Waals surface area contributed by atoms with Crippen molar-refractivity contribution in [1.82, 2.24) is 4.90 Å². The third kappa shape index (κ3) is 4.57. The molecule has 1 amide bonds. The van der Waals surface area contributed by atoms with Crippen molar-refractivity contribution >= 4 is 17.7 Å². The van der Waals surface area contributed by atoms with Crippen molar-refractivity contribution in [2.75, 3.05) is 19.8 Å². The number of hydrogen-bond donors (Lipinski definition) is 1. The summed E-state index contributed by atoms with van der Waals surface area (Å²) in [5, 5.41) is 9.26. The lowest BCUT2D eigenvalue weighted by molar-refractivity contribution is -0.128. The first kappa shape index (κ1) is 12.9. The van der Waals surface area contributed by atoms with Gasteiger partial charge >= 0.3 is 0 Å². The zero-order chi connectivity index (χ0) is 12.0. The Morgan fingerprint density at radius 1 is 1.44 bits per heavy atom. The Bertz CT molecular complexity index is 353. The maximum absolute atomic E-state index is 11.3. The number of aromatic hydroxyl groups is 1. The van der Waals surface area contributed by atoms with Crippen LogP contribution in [0.1, 0.15) is 12.8 Å². The highest BCUT2D eigenvalue weighted by Gasteiger charge is 2.03. The summed E-state index contributed by atoms with van der Waals surface area (Å²) in [6, 6.07) is 7.17. The molecule has 4 heteroatoms. The lowest BCUT2D eigenvalue weighted by Crippen LogP contribution is -2.21. The fourth-order valence-electron chi connectivity index (χ4n) is 1.21. The van der Waals surface area contributed by atoms with Gasteiger partial charge in [0, 0.05) is 25.4 Å². The molecule has 0 radical (unpaired) electrons. The van der Waals surface area contributed by atoms with Gasteiger partial charge in [0.15, 0.2) is 0 Å². The third-order valence-electron chi connectivity index (χ3n) is 2.12. The van der Waals surface area contributed by atoms with E-state index in [9.17, 15) is 9.90 Å². The summed E-state index contributed by atoms with van der Waals surface area (Å²) in [7, 11) is 3.54. The molecule has 1 aromatic carbocycles. The number of carbonyl (C=O) groups is 1. The molecule has 0 fully saturated rings. The zero-order valence-electron chi connectivity index (χ0n) is 9.64. The number of amides is 1. The van der Waals surface area contributed by atoms with Crippen LogP contribution in [0.4, 0.5) is 0 Å². The molecule has 16 heavy (non-hydrogen) atoms. The van der Waals surface area contributed by atoms with Gasteiger partial charge in [0.1, 0.15) is 5.75 Å². The second-order valence-electron chi connectivity index (χ2n) is 3.74. The van der Waals surface area contributed by atoms with Gasteiger partial charge in [0.25, 0.3) is 0 Å². The van der Waals surface area contributed by atoms with E-state index in [1.807, 2.05) is 12.1 Å². The number of hydrogen-bond acceptors (Lipinski definition) is 3. The predicted molar refractivity (Wildman–Crippen MR) is 66.8 cm³/mol. The van der Waals surface area contributed by atoms with E-state index >= 15 is 0 Å². The van der Waals surface area contributed by atoms with Crippen LogP contribution in [0.2, 0.25) is 0 Å². The molecule has 0 bridgehead atoms. The van der Waals surface area contributed by atoms with Crippen LogP contribution in [0.3, 0.4) is 0 Å². The maximum Gasteiger partial charge on any atom is 0.222 e. The highest BCUT2D eigenvalue weighted by atomic mass is 32.2. The molecule has 0 unspecified atom stereocenters. The van der Waals surface area contributed by atoms with Gasteiger partial charge in [-0.25, -0.2) is 0 Å². The first-order valence-electron chi connectivity index (χ1n) is 5.21. The van der Waals surface area contributed by atoms with Crippen molar-refractivity contribution in [3.63, 3.8) is 0 Å². The van der Waals surface area contributed by atoms with E-state index in [1.165, 1.54) is 0 Å². The standard InChI is InChI=1S/C12H17NO2S/c1-13(2)12(15)7-4-8-16-11-6-3-5-10(14)9-11/h3,5-6,9,14H,4,7-8H2,1-2H3. The molecule has 1 N–H and O–H groups in total. The van der Waals surface area contributed by atoms with Gasteiger partial charge in [-0.3, -0.25) is 4.79 Å². The fourth-order valence-corrected chi connectivity index (χ4v) is 2.11. The van der Waals surface area contributed by atoms with Gasteiger partial charge in [0.2, 0.25) is 5.91 Å². The van der Waals surface area contributed by atoms with Crippen LogP contribution in [0.15, 0.2) is 29.2 Å². The van der Waals surface area contributed by atoms with Gasteiger partial charge < -0.3 is 10.0 Å². The van der Waals surface area contributed by atoms with E-state index in [2.05, 4.69) is 0 Å². The Labute approximate surface area is 100 Å². The van der Waals surface area contributed by atoms with Gasteiger partial charge in [-0.2, -0.15) is 0 Å². The summed E-state index contributed by atoms with van der Waals surface area (Å²) in [6.07, 6.45) is 1.44. The van der Waals surface area contributed by atoms with Gasteiger partial charge in [-0.1, -0.05) is 6.07 Å². The predicted octanol–water partition coefficient (Wildman–Crippen LogP) is 2.35. The summed E-state index contributed by atoms with van der Waals surface area (Å²) >= 11 is 1.66. The van der Waals surface area contributed by atoms with Crippen LogP contribution in [-0.2, 0) is 4.79 Å². The van der Waals surface area contributed by atoms with Gasteiger partial charge in [-0.05, 0) is 30.4 Å². The van der Waals surface area contributed by atoms with Crippen molar-refractivity contribution in [2.45, 2.75) is 17.7 Å². The summed E-state index contributed by atoms with van der Waals surface area (Å²) in [5.74, 6) is 1.34. The molecular weight excluding hydrogens is 222 g/mol. The lowest BCUT2D eigenvalue weighted by Gasteiger charge is -2.09. The minimum Gasteiger partial charge on any atom is -0.508 e. The molecule has 0 heterocycles. The van der Waals surface area contributed by atoms with Crippen molar-refractivity contribution in [2.24, 2.45) is 0 Å². The Balaban J connectivity index is 2.23. The first-order chi connectivity index (χ1) is 7.59. The number of phenols is 1. The fraction of sp³-hybridized carbons (Fsp3) is 0.417. The van der Waals surface area contributed by atoms with Crippen LogP contribution in [-0.4, -0.2) is 35.8 Å². The topological polar surface area (TPSA) is 40.5 Å². The van der Waals surface area contributed by atoms with Crippen LogP contribution in [0.5, 0.6) is 5.75 Å². The second kappa shape index (κ2) is 6.43. The number of rotatable bonds is 5. The van der Waals surface area contributed by atoms with Crippen LogP contribution in [0, 0.1) is 0 Å². The monoisotopic (exact) mass is 239 g/mol. The van der Waals surface area contributed by atoms with Crippen molar-refractivity contribution in [3.05, 3.63) is 24.3 Å². The molecule has 88 valence electrons.